The molecule has 0 radical (unpaired) electrons. The first-order valence-corrected chi connectivity index (χ1v) is 10.2. The molecule has 1 aliphatic carbocycles. The van der Waals surface area contributed by atoms with Crippen molar-refractivity contribution in [1.29, 1.82) is 0 Å². The normalized spacial score (nSPS) is 16.3. The molecule has 3 N–H and O–H groups in total. The van der Waals surface area contributed by atoms with Gasteiger partial charge in [0.1, 0.15) is 0 Å². The van der Waals surface area contributed by atoms with Crippen molar-refractivity contribution >= 4 is 38.7 Å². The maximum Gasteiger partial charge on any atom is 0.238 e. The molecule has 1 atom stereocenters. The predicted molar refractivity (Wildman–Crippen MR) is 93.3 cm³/mol. The molecule has 1 heterocycles. The third kappa shape index (κ3) is 3.57. The van der Waals surface area contributed by atoms with Crippen LogP contribution in [0.4, 0.5) is 0 Å². The number of hydrogen-bond acceptors (Lipinski definition) is 5. The molecule has 2 aromatic rings. The maximum atomic E-state index is 12.1. The van der Waals surface area contributed by atoms with Gasteiger partial charge >= 0.3 is 0 Å². The van der Waals surface area contributed by atoms with Crippen molar-refractivity contribution in [2.24, 2.45) is 5.14 Å². The van der Waals surface area contributed by atoms with Gasteiger partial charge in [-0.25, -0.2) is 18.5 Å². The van der Waals surface area contributed by atoms with Crippen molar-refractivity contribution in [2.45, 2.75) is 54.6 Å². The first-order chi connectivity index (χ1) is 11.3. The number of amides is 1. The van der Waals surface area contributed by atoms with Crippen LogP contribution < -0.4 is 10.5 Å². The Bertz CT molecular complexity index is 888. The minimum Gasteiger partial charge on any atom is -0.352 e. The van der Waals surface area contributed by atoms with Gasteiger partial charge in [-0.2, -0.15) is 0 Å². The van der Waals surface area contributed by atoms with Crippen molar-refractivity contribution in [2.75, 3.05) is 0 Å². The number of imidazole rings is 1. The number of carbonyl (C=O) groups excluding carboxylic acids is 1. The number of sulfonamides is 1. The van der Waals surface area contributed by atoms with Crippen LogP contribution in [0.2, 0.25) is 0 Å². The number of aryl methyl sites for hydroxylation is 1. The van der Waals surface area contributed by atoms with Crippen LogP contribution in [0.5, 0.6) is 0 Å². The average molecular weight is 368 g/mol. The second kappa shape index (κ2) is 6.38. The Morgan fingerprint density at radius 1 is 1.50 bits per heavy atom. The number of nitrogens with zero attached hydrogens (tertiary/aromatic N) is 2. The van der Waals surface area contributed by atoms with Crippen LogP contribution in [0, 0.1) is 0 Å². The quantitative estimate of drug-likeness (QED) is 0.751. The van der Waals surface area contributed by atoms with E-state index in [0.717, 1.165) is 18.4 Å². The summed E-state index contributed by atoms with van der Waals surface area (Å²) in [6.45, 7) is 4.50. The van der Waals surface area contributed by atoms with Crippen molar-refractivity contribution in [1.82, 2.24) is 14.9 Å². The van der Waals surface area contributed by atoms with Crippen molar-refractivity contribution < 1.29 is 13.2 Å². The Kier molecular flexibility index (Phi) is 4.58. The zero-order valence-corrected chi connectivity index (χ0v) is 15.2. The summed E-state index contributed by atoms with van der Waals surface area (Å²) in [6, 6.07) is 4.96. The van der Waals surface area contributed by atoms with E-state index in [-0.39, 0.29) is 16.1 Å². The second-order valence-electron chi connectivity index (χ2n) is 5.88. The lowest BCUT2D eigenvalue weighted by Crippen LogP contribution is -2.32. The molecule has 1 fully saturated rings. The number of carbonyl (C=O) groups is 1. The van der Waals surface area contributed by atoms with Crippen LogP contribution in [0.1, 0.15) is 26.7 Å². The fourth-order valence-corrected chi connectivity index (χ4v) is 3.95. The van der Waals surface area contributed by atoms with E-state index in [1.807, 2.05) is 18.4 Å². The van der Waals surface area contributed by atoms with Gasteiger partial charge in [0.25, 0.3) is 0 Å². The summed E-state index contributed by atoms with van der Waals surface area (Å²) in [6.07, 6.45) is 2.10. The molecule has 0 aliphatic heterocycles. The fraction of sp³-hybridized carbons (Fsp3) is 0.467. The number of fused-ring (bicyclic) bond motifs is 1. The number of nitrogens with two attached hydrogens (primary N) is 1. The third-order valence-electron chi connectivity index (χ3n) is 3.90. The summed E-state index contributed by atoms with van der Waals surface area (Å²) in [5.74, 6) is 0.00225. The van der Waals surface area contributed by atoms with E-state index >= 15 is 0 Å². The number of primary sulfonamides is 1. The number of thioether (sulfide) groups is 1. The van der Waals surface area contributed by atoms with Crippen LogP contribution in [-0.4, -0.2) is 35.2 Å². The van der Waals surface area contributed by atoms with E-state index in [9.17, 15) is 13.2 Å². The smallest absolute Gasteiger partial charge is 0.238 e. The van der Waals surface area contributed by atoms with Crippen molar-refractivity contribution in [3.05, 3.63) is 18.2 Å². The zero-order valence-electron chi connectivity index (χ0n) is 13.5. The summed E-state index contributed by atoms with van der Waals surface area (Å²) in [5, 5.41) is 8.58. The summed E-state index contributed by atoms with van der Waals surface area (Å²) < 4.78 is 25.0. The SMILES string of the molecule is CCn1c(S[C@@H](C)C(=O)NC2CC2)nc2cc(S(N)(=O)=O)ccc21. The van der Waals surface area contributed by atoms with Crippen LogP contribution >= 0.6 is 11.8 Å². The Morgan fingerprint density at radius 3 is 2.79 bits per heavy atom. The molecule has 9 heteroatoms. The molecule has 1 aromatic heterocycles. The molecule has 0 unspecified atom stereocenters. The van der Waals surface area contributed by atoms with Gasteiger partial charge in [0.15, 0.2) is 5.16 Å². The van der Waals surface area contributed by atoms with E-state index in [1.54, 1.807) is 6.07 Å². The molecule has 0 spiro atoms. The molecule has 1 amide bonds. The molecule has 3 rings (SSSR count). The maximum absolute atomic E-state index is 12.1. The third-order valence-corrected chi connectivity index (χ3v) is 5.91. The van der Waals surface area contributed by atoms with Gasteiger partial charge in [-0.3, -0.25) is 4.79 Å². The van der Waals surface area contributed by atoms with E-state index in [4.69, 9.17) is 5.14 Å². The number of nitrogens with one attached hydrogen (secondary N) is 1. The molecule has 1 aromatic carbocycles. The van der Waals surface area contributed by atoms with Gasteiger partial charge in [-0.15, -0.1) is 0 Å². The first kappa shape index (κ1) is 17.2. The second-order valence-corrected chi connectivity index (χ2v) is 8.75. The molecule has 0 bridgehead atoms. The summed E-state index contributed by atoms with van der Waals surface area (Å²) in [7, 11) is -3.77. The standard InChI is InChI=1S/C15H20N4O3S2/c1-3-19-13-7-6-11(24(16,21)22)8-12(13)18-15(19)23-9(2)14(20)17-10-4-5-10/h6-10H,3-5H2,1-2H3,(H,17,20)(H2,16,21,22)/t9-/m0/s1. The van der Waals surface area contributed by atoms with Gasteiger partial charge < -0.3 is 9.88 Å². The Morgan fingerprint density at radius 2 is 2.21 bits per heavy atom. The van der Waals surface area contributed by atoms with Crippen LogP contribution in [-0.2, 0) is 21.4 Å². The molecular formula is C15H20N4O3S2. The average Bonchev–Trinajstić information content (AvgIpc) is 3.25. The van der Waals surface area contributed by atoms with Crippen LogP contribution in [0.3, 0.4) is 0 Å². The largest absolute Gasteiger partial charge is 0.352 e. The molecule has 1 aliphatic rings. The van der Waals surface area contributed by atoms with Gasteiger partial charge in [-0.1, -0.05) is 11.8 Å². The van der Waals surface area contributed by atoms with E-state index in [0.29, 0.717) is 23.3 Å². The minimum atomic E-state index is -3.77. The highest BCUT2D eigenvalue weighted by Gasteiger charge is 2.27. The van der Waals surface area contributed by atoms with Gasteiger partial charge in [0, 0.05) is 12.6 Å². The molecule has 1 saturated carbocycles. The topological polar surface area (TPSA) is 107 Å². The Hall–Kier alpha value is -1.58. The van der Waals surface area contributed by atoms with Gasteiger partial charge in [-0.05, 0) is 44.9 Å². The number of rotatable bonds is 6. The molecule has 24 heavy (non-hydrogen) atoms. The van der Waals surface area contributed by atoms with Gasteiger partial charge in [0.05, 0.1) is 21.2 Å². The lowest BCUT2D eigenvalue weighted by Gasteiger charge is -2.12. The van der Waals surface area contributed by atoms with Gasteiger partial charge in [0.2, 0.25) is 15.9 Å². The number of aromatic nitrogens is 2. The number of benzene rings is 1. The molecule has 0 saturated heterocycles. The van der Waals surface area contributed by atoms with E-state index in [1.165, 1.54) is 23.9 Å². The lowest BCUT2D eigenvalue weighted by molar-refractivity contribution is -0.120. The van der Waals surface area contributed by atoms with E-state index < -0.39 is 10.0 Å². The molecule has 7 nitrogen and oxygen atoms in total. The highest BCUT2D eigenvalue weighted by Crippen LogP contribution is 2.29. The highest BCUT2D eigenvalue weighted by molar-refractivity contribution is 8.00. The monoisotopic (exact) mass is 368 g/mol. The highest BCUT2D eigenvalue weighted by atomic mass is 32.2. The first-order valence-electron chi connectivity index (χ1n) is 7.79. The molecular weight excluding hydrogens is 348 g/mol. The Labute approximate surface area is 145 Å². The van der Waals surface area contributed by atoms with Crippen LogP contribution in [0.25, 0.3) is 11.0 Å². The van der Waals surface area contributed by atoms with Crippen molar-refractivity contribution in [3.8, 4) is 0 Å². The number of hydrogen-bond donors (Lipinski definition) is 2. The Balaban J connectivity index is 1.90. The fourth-order valence-electron chi connectivity index (χ4n) is 2.42. The lowest BCUT2D eigenvalue weighted by atomic mass is 10.3. The summed E-state index contributed by atoms with van der Waals surface area (Å²) >= 11 is 1.37. The van der Waals surface area contributed by atoms with Crippen molar-refractivity contribution in [3.63, 3.8) is 0 Å². The van der Waals surface area contributed by atoms with E-state index in [2.05, 4.69) is 10.3 Å². The minimum absolute atomic E-state index is 0.00225. The predicted octanol–water partition coefficient (Wildman–Crippen LogP) is 1.46. The summed E-state index contributed by atoms with van der Waals surface area (Å²) in [4.78, 5) is 16.7. The van der Waals surface area contributed by atoms with Crippen LogP contribution in [0.15, 0.2) is 28.3 Å². The molecule has 130 valence electrons. The summed E-state index contributed by atoms with van der Waals surface area (Å²) in [5.41, 5.74) is 1.38. The zero-order chi connectivity index (χ0) is 17.5.